The molecule has 2 heterocycles. The second kappa shape index (κ2) is 9.91. The number of nitrogens with one attached hydrogen (secondary N) is 1. The van der Waals surface area contributed by atoms with Gasteiger partial charge in [-0.2, -0.15) is 0 Å². The molecule has 5 aromatic rings. The van der Waals surface area contributed by atoms with E-state index in [1.165, 1.54) is 5.56 Å². The third-order valence-corrected chi connectivity index (χ3v) is 7.20. The average Bonchev–Trinajstić information content (AvgIpc) is 3.32. The second-order valence-corrected chi connectivity index (χ2v) is 10.9. The summed E-state index contributed by atoms with van der Waals surface area (Å²) < 4.78 is 2.57. The molecule has 0 unspecified atom stereocenters. The van der Waals surface area contributed by atoms with Crippen molar-refractivity contribution >= 4 is 33.3 Å². The molecule has 3 aromatic carbocycles. The molecular formula is C32H31N3O4. The number of H-pyrrole nitrogens is 1. The third-order valence-electron chi connectivity index (χ3n) is 7.20. The molecule has 0 atom stereocenters. The average molecular weight is 522 g/mol. The Labute approximate surface area is 225 Å². The van der Waals surface area contributed by atoms with Crippen molar-refractivity contribution < 1.29 is 9.90 Å². The molecule has 0 aliphatic rings. The molecule has 39 heavy (non-hydrogen) atoms. The zero-order chi connectivity index (χ0) is 27.9. The molecule has 0 bridgehead atoms. The van der Waals surface area contributed by atoms with Gasteiger partial charge < -0.3 is 10.1 Å². The van der Waals surface area contributed by atoms with Crippen molar-refractivity contribution in [2.45, 2.75) is 45.7 Å². The smallest absolute Gasteiger partial charge is 0.331 e. The molecule has 0 aliphatic carbocycles. The number of para-hydroxylation sites is 1. The van der Waals surface area contributed by atoms with Crippen molar-refractivity contribution in [3.05, 3.63) is 123 Å². The SMILES string of the molecule is C=C(c1cccc(C(C)(C)C)c1)c1ccc2c(c1)c(=O)n(CCC(=O)O)c(=O)n2Cc1c[nH]c2ccccc12. The van der Waals surface area contributed by atoms with Crippen molar-refractivity contribution in [3.8, 4) is 0 Å². The minimum absolute atomic E-state index is 0.0317. The molecule has 198 valence electrons. The van der Waals surface area contributed by atoms with Crippen LogP contribution >= 0.6 is 0 Å². The molecule has 5 rings (SSSR count). The lowest BCUT2D eigenvalue weighted by molar-refractivity contribution is -0.137. The number of fused-ring (bicyclic) bond motifs is 2. The van der Waals surface area contributed by atoms with Gasteiger partial charge in [-0.15, -0.1) is 0 Å². The van der Waals surface area contributed by atoms with Crippen molar-refractivity contribution in [1.29, 1.82) is 0 Å². The summed E-state index contributed by atoms with van der Waals surface area (Å²) in [6, 6.07) is 21.4. The van der Waals surface area contributed by atoms with E-state index in [1.54, 1.807) is 16.7 Å². The fraction of sp³-hybridized carbons (Fsp3) is 0.219. The van der Waals surface area contributed by atoms with Crippen LogP contribution in [0.15, 0.2) is 89.1 Å². The maximum atomic E-state index is 13.6. The van der Waals surface area contributed by atoms with Crippen LogP contribution < -0.4 is 11.2 Å². The van der Waals surface area contributed by atoms with Crippen molar-refractivity contribution in [2.24, 2.45) is 0 Å². The standard InChI is InChI=1S/C32H31N3O4/c1-20(21-8-7-9-24(16-21)32(2,3)4)22-12-13-28-26(17-22)30(38)34(15-14-29(36)37)31(39)35(28)19-23-18-33-27-11-6-5-10-25(23)27/h5-13,16-18,33H,1,14-15,19H2,2-4H3,(H,36,37). The molecule has 2 N–H and O–H groups in total. The van der Waals surface area contributed by atoms with Gasteiger partial charge in [0.2, 0.25) is 0 Å². The van der Waals surface area contributed by atoms with E-state index in [-0.39, 0.29) is 24.9 Å². The number of hydrogen-bond donors (Lipinski definition) is 2. The predicted octanol–water partition coefficient (Wildman–Crippen LogP) is 5.53. The van der Waals surface area contributed by atoms with Crippen LogP contribution in [0, 0.1) is 0 Å². The summed E-state index contributed by atoms with van der Waals surface area (Å²) in [5, 5.41) is 10.6. The molecule has 0 radical (unpaired) electrons. The summed E-state index contributed by atoms with van der Waals surface area (Å²) in [6.45, 7) is 10.8. The van der Waals surface area contributed by atoms with E-state index in [0.29, 0.717) is 10.9 Å². The van der Waals surface area contributed by atoms with Crippen LogP contribution in [-0.4, -0.2) is 25.2 Å². The van der Waals surface area contributed by atoms with E-state index in [1.807, 2.05) is 48.7 Å². The topological polar surface area (TPSA) is 97.1 Å². The van der Waals surface area contributed by atoms with E-state index in [2.05, 4.69) is 44.5 Å². The zero-order valence-corrected chi connectivity index (χ0v) is 22.3. The number of aromatic nitrogens is 3. The van der Waals surface area contributed by atoms with Crippen molar-refractivity contribution in [2.75, 3.05) is 0 Å². The maximum Gasteiger partial charge on any atom is 0.331 e. The molecule has 0 spiro atoms. The van der Waals surface area contributed by atoms with E-state index in [4.69, 9.17) is 0 Å². The Balaban J connectivity index is 1.67. The number of nitrogens with zero attached hydrogens (tertiary/aromatic N) is 2. The molecule has 7 nitrogen and oxygen atoms in total. The predicted molar refractivity (Wildman–Crippen MR) is 155 cm³/mol. The lowest BCUT2D eigenvalue weighted by atomic mass is 9.85. The number of benzene rings is 3. The highest BCUT2D eigenvalue weighted by atomic mass is 16.4. The van der Waals surface area contributed by atoms with E-state index < -0.39 is 17.2 Å². The molecule has 0 saturated heterocycles. The number of carbonyl (C=O) groups is 1. The zero-order valence-electron chi connectivity index (χ0n) is 22.3. The third kappa shape index (κ3) is 4.95. The van der Waals surface area contributed by atoms with Gasteiger partial charge in [0, 0.05) is 23.6 Å². The van der Waals surface area contributed by atoms with Gasteiger partial charge in [-0.05, 0) is 51.4 Å². The molecule has 7 heteroatoms. The van der Waals surface area contributed by atoms with Gasteiger partial charge in [-0.3, -0.25) is 18.7 Å². The minimum atomic E-state index is -1.08. The summed E-state index contributed by atoms with van der Waals surface area (Å²) in [5.41, 5.74) is 4.88. The summed E-state index contributed by atoms with van der Waals surface area (Å²) in [4.78, 5) is 41.6. The van der Waals surface area contributed by atoms with Gasteiger partial charge in [-0.1, -0.05) is 75.9 Å². The summed E-state index contributed by atoms with van der Waals surface area (Å²) in [5.74, 6) is -1.08. The Morgan fingerprint density at radius 3 is 2.41 bits per heavy atom. The van der Waals surface area contributed by atoms with E-state index in [0.717, 1.165) is 37.7 Å². The molecule has 0 fully saturated rings. The van der Waals surface area contributed by atoms with Crippen LogP contribution in [0.25, 0.3) is 27.4 Å². The Hall–Kier alpha value is -4.65. The highest BCUT2D eigenvalue weighted by Gasteiger charge is 2.18. The maximum absolute atomic E-state index is 13.6. The van der Waals surface area contributed by atoms with Crippen LogP contribution in [0.4, 0.5) is 0 Å². The van der Waals surface area contributed by atoms with Gasteiger partial charge in [0.05, 0.1) is 23.9 Å². The van der Waals surface area contributed by atoms with Crippen molar-refractivity contribution in [3.63, 3.8) is 0 Å². The number of carboxylic acids is 1. The van der Waals surface area contributed by atoms with E-state index in [9.17, 15) is 19.5 Å². The van der Waals surface area contributed by atoms with Gasteiger partial charge in [0.25, 0.3) is 5.56 Å². The fourth-order valence-corrected chi connectivity index (χ4v) is 4.94. The number of rotatable bonds is 7. The summed E-state index contributed by atoms with van der Waals surface area (Å²) in [7, 11) is 0. The molecular weight excluding hydrogens is 490 g/mol. The Morgan fingerprint density at radius 2 is 1.67 bits per heavy atom. The molecule has 0 saturated carbocycles. The highest BCUT2D eigenvalue weighted by Crippen LogP contribution is 2.29. The highest BCUT2D eigenvalue weighted by molar-refractivity contribution is 5.87. The first-order chi connectivity index (χ1) is 18.5. The summed E-state index contributed by atoms with van der Waals surface area (Å²) in [6.07, 6.45) is 1.52. The first-order valence-corrected chi connectivity index (χ1v) is 12.9. The first-order valence-electron chi connectivity index (χ1n) is 12.9. The van der Waals surface area contributed by atoms with Gasteiger partial charge in [0.15, 0.2) is 0 Å². The molecule has 2 aromatic heterocycles. The number of aliphatic carboxylic acids is 1. The monoisotopic (exact) mass is 521 g/mol. The van der Waals surface area contributed by atoms with Crippen LogP contribution in [0.5, 0.6) is 0 Å². The van der Waals surface area contributed by atoms with E-state index >= 15 is 0 Å². The number of aromatic amines is 1. The Morgan fingerprint density at radius 1 is 0.923 bits per heavy atom. The quantitative estimate of drug-likeness (QED) is 0.294. The lowest BCUT2D eigenvalue weighted by Crippen LogP contribution is -2.40. The normalized spacial score (nSPS) is 11.8. The van der Waals surface area contributed by atoms with Gasteiger partial charge in [-0.25, -0.2) is 4.79 Å². The van der Waals surface area contributed by atoms with Gasteiger partial charge in [0.1, 0.15) is 0 Å². The summed E-state index contributed by atoms with van der Waals surface area (Å²) >= 11 is 0. The second-order valence-electron chi connectivity index (χ2n) is 10.9. The molecule has 0 aliphatic heterocycles. The Kier molecular flexibility index (Phi) is 6.60. The van der Waals surface area contributed by atoms with Gasteiger partial charge >= 0.3 is 11.7 Å². The van der Waals surface area contributed by atoms with Crippen LogP contribution in [0.3, 0.4) is 0 Å². The van der Waals surface area contributed by atoms with Crippen LogP contribution in [-0.2, 0) is 23.3 Å². The molecule has 0 amide bonds. The first kappa shape index (κ1) is 26.0. The largest absolute Gasteiger partial charge is 0.481 e. The van der Waals surface area contributed by atoms with Crippen LogP contribution in [0.2, 0.25) is 0 Å². The Bertz CT molecular complexity index is 1870. The number of carboxylic acid groups (broad SMARTS) is 1. The number of hydrogen-bond acceptors (Lipinski definition) is 3. The van der Waals surface area contributed by atoms with Crippen molar-refractivity contribution in [1.82, 2.24) is 14.1 Å². The lowest BCUT2D eigenvalue weighted by Gasteiger charge is -2.20. The van der Waals surface area contributed by atoms with Crippen LogP contribution in [0.1, 0.15) is 49.4 Å². The minimum Gasteiger partial charge on any atom is -0.481 e. The fourth-order valence-electron chi connectivity index (χ4n) is 4.94.